The third kappa shape index (κ3) is 5.92. The van der Waals surface area contributed by atoms with Gasteiger partial charge < -0.3 is 15.2 Å². The molecular formula is C18H28N2O3. The largest absolute Gasteiger partial charge is 0.480 e. The number of pyridine rings is 1. The van der Waals surface area contributed by atoms with Crippen LogP contribution in [0.15, 0.2) is 12.1 Å². The molecule has 1 aromatic heterocycles. The zero-order valence-electron chi connectivity index (χ0n) is 14.0. The first kappa shape index (κ1) is 17.9. The molecule has 0 radical (unpaired) electrons. The highest BCUT2D eigenvalue weighted by atomic mass is 16.5. The van der Waals surface area contributed by atoms with Crippen LogP contribution in [0.2, 0.25) is 0 Å². The average Bonchev–Trinajstić information content (AvgIpc) is 2.57. The molecule has 5 nitrogen and oxygen atoms in total. The van der Waals surface area contributed by atoms with E-state index in [0.717, 1.165) is 31.4 Å². The molecule has 1 atom stereocenters. The topological polar surface area (TPSA) is 71.5 Å². The number of nitrogens with one attached hydrogen (secondary N) is 1. The fraction of sp³-hybridized carbons (Fsp3) is 0.667. The average molecular weight is 320 g/mol. The standard InChI is InChI=1S/C18H28N2O3/c1-19-17(18(21)22)9-5-13-23-12-4-7-15-11-10-14-6-2-3-8-16(14)20-15/h10-11,17,19H,2-9,12-13H2,1H3,(H,21,22). The van der Waals surface area contributed by atoms with Gasteiger partial charge in [0.25, 0.3) is 0 Å². The van der Waals surface area contributed by atoms with Crippen LogP contribution in [0.25, 0.3) is 0 Å². The van der Waals surface area contributed by atoms with Gasteiger partial charge in [-0.1, -0.05) is 6.07 Å². The quantitative estimate of drug-likeness (QED) is 0.648. The van der Waals surface area contributed by atoms with E-state index in [4.69, 9.17) is 14.8 Å². The lowest BCUT2D eigenvalue weighted by molar-refractivity contribution is -0.139. The number of nitrogens with zero attached hydrogens (tertiary/aromatic N) is 1. The Bertz CT molecular complexity index is 505. The molecule has 2 N–H and O–H groups in total. The van der Waals surface area contributed by atoms with Crippen LogP contribution >= 0.6 is 0 Å². The summed E-state index contributed by atoms with van der Waals surface area (Å²) in [5.41, 5.74) is 3.88. The van der Waals surface area contributed by atoms with Gasteiger partial charge in [-0.25, -0.2) is 0 Å². The Kier molecular flexibility index (Phi) is 7.49. The smallest absolute Gasteiger partial charge is 0.320 e. The van der Waals surface area contributed by atoms with Gasteiger partial charge in [0.15, 0.2) is 0 Å². The third-order valence-corrected chi connectivity index (χ3v) is 4.39. The first-order valence-corrected chi connectivity index (χ1v) is 8.66. The molecule has 0 aliphatic heterocycles. The van der Waals surface area contributed by atoms with E-state index in [2.05, 4.69) is 17.4 Å². The number of aromatic nitrogens is 1. The minimum atomic E-state index is -0.800. The number of aliphatic carboxylic acids is 1. The molecule has 23 heavy (non-hydrogen) atoms. The van der Waals surface area contributed by atoms with E-state index in [-0.39, 0.29) is 0 Å². The zero-order chi connectivity index (χ0) is 16.5. The van der Waals surface area contributed by atoms with Crippen molar-refractivity contribution in [2.75, 3.05) is 20.3 Å². The van der Waals surface area contributed by atoms with E-state index in [1.54, 1.807) is 7.05 Å². The van der Waals surface area contributed by atoms with Gasteiger partial charge in [0.05, 0.1) is 0 Å². The van der Waals surface area contributed by atoms with Crippen LogP contribution < -0.4 is 5.32 Å². The highest BCUT2D eigenvalue weighted by Crippen LogP contribution is 2.19. The molecule has 1 aromatic rings. The first-order chi connectivity index (χ1) is 11.2. The van der Waals surface area contributed by atoms with Crippen LogP contribution in [0.1, 0.15) is 49.1 Å². The Morgan fingerprint density at radius 3 is 2.87 bits per heavy atom. The van der Waals surface area contributed by atoms with Crippen molar-refractivity contribution in [3.63, 3.8) is 0 Å². The van der Waals surface area contributed by atoms with Crippen molar-refractivity contribution in [1.82, 2.24) is 10.3 Å². The molecule has 0 bridgehead atoms. The van der Waals surface area contributed by atoms with E-state index in [1.165, 1.54) is 30.5 Å². The molecule has 5 heteroatoms. The van der Waals surface area contributed by atoms with Crippen molar-refractivity contribution < 1.29 is 14.6 Å². The van der Waals surface area contributed by atoms with E-state index in [9.17, 15) is 4.79 Å². The summed E-state index contributed by atoms with van der Waals surface area (Å²) in [6.45, 7) is 1.32. The summed E-state index contributed by atoms with van der Waals surface area (Å²) in [5.74, 6) is -0.800. The molecule has 1 aliphatic rings. The first-order valence-electron chi connectivity index (χ1n) is 8.66. The molecule has 0 fully saturated rings. The molecule has 1 aliphatic carbocycles. The molecule has 0 aromatic carbocycles. The second-order valence-corrected chi connectivity index (χ2v) is 6.15. The van der Waals surface area contributed by atoms with Crippen LogP contribution in [-0.2, 0) is 28.8 Å². The Morgan fingerprint density at radius 1 is 1.30 bits per heavy atom. The van der Waals surface area contributed by atoms with Gasteiger partial charge >= 0.3 is 5.97 Å². The summed E-state index contributed by atoms with van der Waals surface area (Å²) in [7, 11) is 1.67. The van der Waals surface area contributed by atoms with E-state index < -0.39 is 12.0 Å². The lowest BCUT2D eigenvalue weighted by atomic mass is 9.95. The zero-order valence-corrected chi connectivity index (χ0v) is 14.0. The Labute approximate surface area is 138 Å². The van der Waals surface area contributed by atoms with Crippen LogP contribution in [0.4, 0.5) is 0 Å². The minimum absolute atomic E-state index is 0.474. The number of fused-ring (bicyclic) bond motifs is 1. The van der Waals surface area contributed by atoms with E-state index >= 15 is 0 Å². The van der Waals surface area contributed by atoms with Gasteiger partial charge in [0.1, 0.15) is 6.04 Å². The monoisotopic (exact) mass is 320 g/mol. The van der Waals surface area contributed by atoms with Gasteiger partial charge in [0.2, 0.25) is 0 Å². The molecule has 0 saturated carbocycles. The minimum Gasteiger partial charge on any atom is -0.480 e. The van der Waals surface area contributed by atoms with Crippen molar-refractivity contribution in [3.05, 3.63) is 29.1 Å². The predicted molar refractivity (Wildman–Crippen MR) is 89.7 cm³/mol. The van der Waals surface area contributed by atoms with Crippen molar-refractivity contribution in [2.24, 2.45) is 0 Å². The number of carbonyl (C=O) groups is 1. The van der Waals surface area contributed by atoms with E-state index in [0.29, 0.717) is 19.6 Å². The Balaban J connectivity index is 1.58. The summed E-state index contributed by atoms with van der Waals surface area (Å²) in [6.07, 6.45) is 8.11. The maximum atomic E-state index is 10.8. The molecule has 2 rings (SSSR count). The van der Waals surface area contributed by atoms with Crippen molar-refractivity contribution in [3.8, 4) is 0 Å². The summed E-state index contributed by atoms with van der Waals surface area (Å²) < 4.78 is 5.59. The lowest BCUT2D eigenvalue weighted by Gasteiger charge is -2.15. The van der Waals surface area contributed by atoms with Gasteiger partial charge in [0, 0.05) is 24.6 Å². The number of carboxylic acids is 1. The normalized spacial score (nSPS) is 15.2. The fourth-order valence-corrected chi connectivity index (χ4v) is 3.00. The number of ether oxygens (including phenoxy) is 1. The van der Waals surface area contributed by atoms with Gasteiger partial charge in [-0.05, 0) is 70.0 Å². The maximum Gasteiger partial charge on any atom is 0.320 e. The second-order valence-electron chi connectivity index (χ2n) is 6.15. The lowest BCUT2D eigenvalue weighted by Crippen LogP contribution is -2.33. The third-order valence-electron chi connectivity index (χ3n) is 4.39. The SMILES string of the molecule is CNC(CCCOCCCc1ccc2c(n1)CCCC2)C(=O)O. The molecule has 128 valence electrons. The van der Waals surface area contributed by atoms with Crippen molar-refractivity contribution in [2.45, 2.75) is 57.4 Å². The van der Waals surface area contributed by atoms with Crippen LogP contribution in [0.5, 0.6) is 0 Å². The maximum absolute atomic E-state index is 10.8. The van der Waals surface area contributed by atoms with Crippen LogP contribution in [0.3, 0.4) is 0 Å². The number of hydrogen-bond donors (Lipinski definition) is 2. The van der Waals surface area contributed by atoms with Gasteiger partial charge in [-0.3, -0.25) is 9.78 Å². The van der Waals surface area contributed by atoms with Crippen LogP contribution in [0, 0.1) is 0 Å². The highest BCUT2D eigenvalue weighted by molar-refractivity contribution is 5.73. The fourth-order valence-electron chi connectivity index (χ4n) is 3.00. The summed E-state index contributed by atoms with van der Waals surface area (Å²) in [5, 5.41) is 11.7. The Morgan fingerprint density at radius 2 is 2.09 bits per heavy atom. The van der Waals surface area contributed by atoms with Crippen LogP contribution in [-0.4, -0.2) is 42.4 Å². The summed E-state index contributed by atoms with van der Waals surface area (Å²) >= 11 is 0. The molecule has 0 saturated heterocycles. The number of hydrogen-bond acceptors (Lipinski definition) is 4. The number of rotatable bonds is 10. The van der Waals surface area contributed by atoms with Crippen molar-refractivity contribution in [1.29, 1.82) is 0 Å². The Hall–Kier alpha value is -1.46. The number of likely N-dealkylation sites (N-methyl/N-ethyl adjacent to an activating group) is 1. The summed E-state index contributed by atoms with van der Waals surface area (Å²) in [6, 6.07) is 3.91. The van der Waals surface area contributed by atoms with Gasteiger partial charge in [-0.2, -0.15) is 0 Å². The van der Waals surface area contributed by atoms with Gasteiger partial charge in [-0.15, -0.1) is 0 Å². The molecule has 1 heterocycles. The molecule has 0 amide bonds. The highest BCUT2D eigenvalue weighted by Gasteiger charge is 2.13. The van der Waals surface area contributed by atoms with E-state index in [1.807, 2.05) is 0 Å². The molecule has 1 unspecified atom stereocenters. The summed E-state index contributed by atoms with van der Waals surface area (Å²) in [4.78, 5) is 15.6. The number of aryl methyl sites for hydroxylation is 3. The number of carboxylic acid groups (broad SMARTS) is 1. The second kappa shape index (κ2) is 9.63. The van der Waals surface area contributed by atoms with Crippen molar-refractivity contribution >= 4 is 5.97 Å². The molecule has 0 spiro atoms. The molecular weight excluding hydrogens is 292 g/mol. The predicted octanol–water partition coefficient (Wildman–Crippen LogP) is 2.36.